The van der Waals surface area contributed by atoms with Gasteiger partial charge in [0.05, 0.1) is 0 Å². The van der Waals surface area contributed by atoms with Crippen molar-refractivity contribution in [2.45, 2.75) is 96.8 Å². The topological polar surface area (TPSA) is 20.2 Å². The molecule has 0 rings (SSSR count). The Morgan fingerprint density at radius 3 is 1.47 bits per heavy atom. The van der Waals surface area contributed by atoms with Crippen molar-refractivity contribution < 1.29 is 5.11 Å². The minimum atomic E-state index is 0.337. The standard InChI is InChI=1S/C18H34O/c1-2-3-4-5-6-7-8-9-10-11-12-13-14-15-16-17-18-19/h19H,2-10,13-18H2,1H3. The molecule has 0 saturated carbocycles. The van der Waals surface area contributed by atoms with Crippen LogP contribution in [0.5, 0.6) is 0 Å². The lowest BCUT2D eigenvalue weighted by Crippen LogP contribution is -1.82. The van der Waals surface area contributed by atoms with Crippen LogP contribution in [-0.2, 0) is 0 Å². The van der Waals surface area contributed by atoms with E-state index in [0.29, 0.717) is 6.61 Å². The van der Waals surface area contributed by atoms with Crippen LogP contribution in [0, 0.1) is 11.8 Å². The zero-order valence-corrected chi connectivity index (χ0v) is 13.1. The molecule has 0 saturated heterocycles. The summed E-state index contributed by atoms with van der Waals surface area (Å²) in [5, 5.41) is 8.64. The third-order valence-corrected chi connectivity index (χ3v) is 3.49. The van der Waals surface area contributed by atoms with Gasteiger partial charge in [0.25, 0.3) is 0 Å². The Morgan fingerprint density at radius 1 is 0.579 bits per heavy atom. The molecule has 0 spiro atoms. The molecule has 1 N–H and O–H groups in total. The molecule has 0 radical (unpaired) electrons. The second-order valence-electron chi connectivity index (χ2n) is 5.47. The van der Waals surface area contributed by atoms with E-state index < -0.39 is 0 Å². The van der Waals surface area contributed by atoms with Crippen molar-refractivity contribution in [3.8, 4) is 11.8 Å². The van der Waals surface area contributed by atoms with Crippen LogP contribution in [0.1, 0.15) is 96.8 Å². The smallest absolute Gasteiger partial charge is 0.0431 e. The van der Waals surface area contributed by atoms with E-state index in [0.717, 1.165) is 25.7 Å². The molecule has 0 aromatic carbocycles. The Bertz CT molecular complexity index is 211. The predicted octanol–water partition coefficient (Wildman–Crippen LogP) is 5.46. The fourth-order valence-corrected chi connectivity index (χ4v) is 2.20. The summed E-state index contributed by atoms with van der Waals surface area (Å²) in [7, 11) is 0. The van der Waals surface area contributed by atoms with Crippen molar-refractivity contribution in [2.24, 2.45) is 0 Å². The maximum Gasteiger partial charge on any atom is 0.0431 e. The molecule has 0 unspecified atom stereocenters. The lowest BCUT2D eigenvalue weighted by molar-refractivity contribution is 0.282. The highest BCUT2D eigenvalue weighted by atomic mass is 16.2. The third kappa shape index (κ3) is 17.5. The molecule has 0 fully saturated rings. The first-order valence-electron chi connectivity index (χ1n) is 8.48. The van der Waals surface area contributed by atoms with Gasteiger partial charge < -0.3 is 5.11 Å². The van der Waals surface area contributed by atoms with Crippen LogP contribution in [0.25, 0.3) is 0 Å². The van der Waals surface area contributed by atoms with Crippen LogP contribution in [-0.4, -0.2) is 11.7 Å². The first-order chi connectivity index (χ1) is 9.41. The van der Waals surface area contributed by atoms with Gasteiger partial charge in [0, 0.05) is 19.4 Å². The Balaban J connectivity index is 3.05. The molecule has 0 aliphatic rings. The van der Waals surface area contributed by atoms with Crippen LogP contribution in [0.4, 0.5) is 0 Å². The van der Waals surface area contributed by atoms with Gasteiger partial charge in [-0.3, -0.25) is 0 Å². The van der Waals surface area contributed by atoms with Gasteiger partial charge in [0.1, 0.15) is 0 Å². The molecule has 0 heterocycles. The molecule has 0 bridgehead atoms. The summed E-state index contributed by atoms with van der Waals surface area (Å²) < 4.78 is 0. The van der Waals surface area contributed by atoms with E-state index in [1.807, 2.05) is 0 Å². The first-order valence-corrected chi connectivity index (χ1v) is 8.48. The van der Waals surface area contributed by atoms with E-state index in [2.05, 4.69) is 18.8 Å². The number of hydrogen-bond donors (Lipinski definition) is 1. The summed E-state index contributed by atoms with van der Waals surface area (Å²) in [5.41, 5.74) is 0. The van der Waals surface area contributed by atoms with E-state index in [1.54, 1.807) is 0 Å². The first kappa shape index (κ1) is 18.5. The number of rotatable bonds is 13. The van der Waals surface area contributed by atoms with Crippen molar-refractivity contribution >= 4 is 0 Å². The van der Waals surface area contributed by atoms with E-state index >= 15 is 0 Å². The van der Waals surface area contributed by atoms with Crippen molar-refractivity contribution in [3.05, 3.63) is 0 Å². The van der Waals surface area contributed by atoms with Crippen molar-refractivity contribution in [3.63, 3.8) is 0 Å². The third-order valence-electron chi connectivity index (χ3n) is 3.49. The fourth-order valence-electron chi connectivity index (χ4n) is 2.20. The van der Waals surface area contributed by atoms with Crippen LogP contribution >= 0.6 is 0 Å². The molecule has 1 heteroatoms. The SMILES string of the molecule is CCCCCCCCCCC#CCCCCCCO. The van der Waals surface area contributed by atoms with E-state index in [4.69, 9.17) is 5.11 Å². The Morgan fingerprint density at radius 2 is 1.00 bits per heavy atom. The van der Waals surface area contributed by atoms with E-state index in [-0.39, 0.29) is 0 Å². The minimum absolute atomic E-state index is 0.337. The largest absolute Gasteiger partial charge is 0.396 e. The summed E-state index contributed by atoms with van der Waals surface area (Å²) >= 11 is 0. The zero-order valence-electron chi connectivity index (χ0n) is 13.1. The van der Waals surface area contributed by atoms with Crippen molar-refractivity contribution in [1.82, 2.24) is 0 Å². The number of aliphatic hydroxyl groups excluding tert-OH is 1. The predicted molar refractivity (Wildman–Crippen MR) is 85.2 cm³/mol. The van der Waals surface area contributed by atoms with Crippen molar-refractivity contribution in [1.29, 1.82) is 0 Å². The highest BCUT2D eigenvalue weighted by Crippen LogP contribution is 2.09. The van der Waals surface area contributed by atoms with Crippen LogP contribution in [0.15, 0.2) is 0 Å². The second kappa shape index (κ2) is 17.5. The minimum Gasteiger partial charge on any atom is -0.396 e. The molecule has 0 atom stereocenters. The highest BCUT2D eigenvalue weighted by molar-refractivity contribution is 4.98. The fraction of sp³-hybridized carbons (Fsp3) is 0.889. The highest BCUT2D eigenvalue weighted by Gasteiger charge is 1.90. The molecule has 1 nitrogen and oxygen atoms in total. The quantitative estimate of drug-likeness (QED) is 0.346. The average Bonchev–Trinajstić information content (AvgIpc) is 2.43. The second-order valence-corrected chi connectivity index (χ2v) is 5.47. The lowest BCUT2D eigenvalue weighted by atomic mass is 10.1. The summed E-state index contributed by atoms with van der Waals surface area (Å²) in [6.45, 7) is 2.61. The van der Waals surface area contributed by atoms with Gasteiger partial charge in [0.15, 0.2) is 0 Å². The molecule has 19 heavy (non-hydrogen) atoms. The van der Waals surface area contributed by atoms with Crippen LogP contribution < -0.4 is 0 Å². The van der Waals surface area contributed by atoms with E-state index in [9.17, 15) is 0 Å². The molecule has 0 aliphatic carbocycles. The zero-order chi connectivity index (χ0) is 14.0. The summed E-state index contributed by atoms with van der Waals surface area (Å²) in [6.07, 6.45) is 17.7. The molecule has 112 valence electrons. The van der Waals surface area contributed by atoms with Crippen LogP contribution in [0.2, 0.25) is 0 Å². The Labute approximate surface area is 121 Å². The lowest BCUT2D eigenvalue weighted by Gasteiger charge is -1.99. The van der Waals surface area contributed by atoms with Gasteiger partial charge in [-0.05, 0) is 19.3 Å². The Kier molecular flexibility index (Phi) is 17.1. The van der Waals surface area contributed by atoms with Crippen LogP contribution in [0.3, 0.4) is 0 Å². The number of unbranched alkanes of at least 4 members (excludes halogenated alkanes) is 12. The van der Waals surface area contributed by atoms with Gasteiger partial charge in [-0.15, -0.1) is 11.8 Å². The number of hydrogen-bond acceptors (Lipinski definition) is 1. The van der Waals surface area contributed by atoms with Gasteiger partial charge in [-0.25, -0.2) is 0 Å². The molecule has 0 aromatic rings. The number of aliphatic hydroxyl groups is 1. The summed E-state index contributed by atoms with van der Waals surface area (Å²) in [4.78, 5) is 0. The summed E-state index contributed by atoms with van der Waals surface area (Å²) in [6, 6.07) is 0. The maximum absolute atomic E-state index is 8.64. The van der Waals surface area contributed by atoms with Gasteiger partial charge in [-0.1, -0.05) is 64.7 Å². The average molecular weight is 266 g/mol. The monoisotopic (exact) mass is 266 g/mol. The molecular formula is C18H34O. The molecule has 0 aromatic heterocycles. The van der Waals surface area contributed by atoms with E-state index in [1.165, 1.54) is 64.2 Å². The van der Waals surface area contributed by atoms with Gasteiger partial charge >= 0.3 is 0 Å². The molecule has 0 aliphatic heterocycles. The Hall–Kier alpha value is -0.480. The molecule has 0 amide bonds. The molecular weight excluding hydrogens is 232 g/mol. The van der Waals surface area contributed by atoms with Gasteiger partial charge in [0.2, 0.25) is 0 Å². The summed E-state index contributed by atoms with van der Waals surface area (Å²) in [5.74, 6) is 6.56. The normalized spacial score (nSPS) is 10.2. The maximum atomic E-state index is 8.64. The van der Waals surface area contributed by atoms with Gasteiger partial charge in [-0.2, -0.15) is 0 Å². The van der Waals surface area contributed by atoms with Crippen molar-refractivity contribution in [2.75, 3.05) is 6.61 Å².